The minimum atomic E-state index is -0.137. The van der Waals surface area contributed by atoms with Gasteiger partial charge in [-0.05, 0) is 50.3 Å². The summed E-state index contributed by atoms with van der Waals surface area (Å²) < 4.78 is 1.46. The van der Waals surface area contributed by atoms with Gasteiger partial charge >= 0.3 is 0 Å². The molecule has 0 radical (unpaired) electrons. The monoisotopic (exact) mass is 408 g/mol. The van der Waals surface area contributed by atoms with E-state index < -0.39 is 0 Å². The fourth-order valence-corrected chi connectivity index (χ4v) is 4.60. The number of aryl methyl sites for hydroxylation is 1. The molecule has 30 heavy (non-hydrogen) atoms. The zero-order chi connectivity index (χ0) is 20.9. The normalized spacial score (nSPS) is 18.3. The third-order valence-electron chi connectivity index (χ3n) is 6.43. The average molecular weight is 409 g/mol. The number of hydrogen-bond acceptors (Lipinski definition) is 4. The van der Waals surface area contributed by atoms with Crippen LogP contribution in [0.3, 0.4) is 0 Å². The quantitative estimate of drug-likeness (QED) is 0.776. The molecule has 1 saturated heterocycles. The van der Waals surface area contributed by atoms with E-state index >= 15 is 0 Å². The van der Waals surface area contributed by atoms with Crippen LogP contribution in [0.1, 0.15) is 50.5 Å². The van der Waals surface area contributed by atoms with Crippen LogP contribution in [0.15, 0.2) is 41.2 Å². The molecule has 0 unspecified atom stereocenters. The maximum atomic E-state index is 12.8. The van der Waals surface area contributed by atoms with Crippen molar-refractivity contribution in [2.24, 2.45) is 5.92 Å². The summed E-state index contributed by atoms with van der Waals surface area (Å²) in [6.07, 6.45) is 7.90. The van der Waals surface area contributed by atoms with Gasteiger partial charge in [-0.15, -0.1) is 5.10 Å². The molecule has 1 aromatic heterocycles. The van der Waals surface area contributed by atoms with Gasteiger partial charge in [-0.25, -0.2) is 0 Å². The molecule has 1 saturated carbocycles. The highest BCUT2D eigenvalue weighted by Crippen LogP contribution is 2.27. The van der Waals surface area contributed by atoms with Gasteiger partial charge in [0.1, 0.15) is 5.82 Å². The zero-order valence-corrected chi connectivity index (χ0v) is 17.9. The number of carbonyl (C=O) groups excluding carboxylic acids is 1. The molecule has 1 aliphatic carbocycles. The maximum absolute atomic E-state index is 12.8. The molecular weight excluding hydrogens is 376 g/mol. The molecule has 0 bridgehead atoms. The van der Waals surface area contributed by atoms with Gasteiger partial charge in [0.25, 0.3) is 5.56 Å². The van der Waals surface area contributed by atoms with Crippen LogP contribution in [0.2, 0.25) is 0 Å². The molecule has 1 amide bonds. The molecule has 2 aliphatic rings. The van der Waals surface area contributed by atoms with Crippen LogP contribution in [0.5, 0.6) is 0 Å². The maximum Gasteiger partial charge on any atom is 0.271 e. The van der Waals surface area contributed by atoms with E-state index in [0.29, 0.717) is 18.2 Å². The number of benzene rings is 1. The fraction of sp³-hybridized carbons (Fsp3) is 0.542. The number of rotatable bonds is 4. The van der Waals surface area contributed by atoms with Crippen molar-refractivity contribution in [1.29, 1.82) is 0 Å². The third kappa shape index (κ3) is 4.91. The summed E-state index contributed by atoms with van der Waals surface area (Å²) in [5, 5.41) is 4.63. The van der Waals surface area contributed by atoms with Gasteiger partial charge in [-0.1, -0.05) is 37.0 Å². The van der Waals surface area contributed by atoms with E-state index in [1.54, 1.807) is 12.1 Å². The first-order chi connectivity index (χ1) is 14.6. The summed E-state index contributed by atoms with van der Waals surface area (Å²) in [7, 11) is 0. The number of aromatic nitrogens is 2. The highest BCUT2D eigenvalue weighted by atomic mass is 16.2. The molecule has 0 N–H and O–H groups in total. The average Bonchev–Trinajstić information content (AvgIpc) is 3.02. The summed E-state index contributed by atoms with van der Waals surface area (Å²) in [4.78, 5) is 29.4. The second kappa shape index (κ2) is 9.45. The predicted octanol–water partition coefficient (Wildman–Crippen LogP) is 3.55. The van der Waals surface area contributed by atoms with Crippen molar-refractivity contribution in [3.8, 4) is 5.69 Å². The molecule has 6 nitrogen and oxygen atoms in total. The Hall–Kier alpha value is -2.63. The topological polar surface area (TPSA) is 58.4 Å². The lowest BCUT2D eigenvalue weighted by Gasteiger charge is -2.26. The first-order valence-corrected chi connectivity index (χ1v) is 11.3. The van der Waals surface area contributed by atoms with Gasteiger partial charge in [0.05, 0.1) is 5.69 Å². The van der Waals surface area contributed by atoms with Crippen LogP contribution in [-0.2, 0) is 4.79 Å². The first-order valence-electron chi connectivity index (χ1n) is 11.3. The van der Waals surface area contributed by atoms with Gasteiger partial charge in [0.15, 0.2) is 0 Å². The Morgan fingerprint density at radius 3 is 2.47 bits per heavy atom. The Balaban J connectivity index is 1.43. The van der Waals surface area contributed by atoms with Crippen molar-refractivity contribution in [2.75, 3.05) is 31.1 Å². The largest absolute Gasteiger partial charge is 0.353 e. The zero-order valence-electron chi connectivity index (χ0n) is 17.9. The molecule has 160 valence electrons. The lowest BCUT2D eigenvalue weighted by atomic mass is 9.86. The van der Waals surface area contributed by atoms with Crippen molar-refractivity contribution < 1.29 is 4.79 Å². The van der Waals surface area contributed by atoms with E-state index in [4.69, 9.17) is 0 Å². The van der Waals surface area contributed by atoms with Crippen molar-refractivity contribution in [2.45, 2.75) is 51.9 Å². The lowest BCUT2D eigenvalue weighted by molar-refractivity contribution is -0.132. The second-order valence-corrected chi connectivity index (χ2v) is 8.71. The predicted molar refractivity (Wildman–Crippen MR) is 119 cm³/mol. The fourth-order valence-electron chi connectivity index (χ4n) is 4.60. The summed E-state index contributed by atoms with van der Waals surface area (Å²) in [5.74, 6) is 1.67. The Bertz CT molecular complexity index is 916. The number of amides is 1. The van der Waals surface area contributed by atoms with E-state index in [-0.39, 0.29) is 5.56 Å². The van der Waals surface area contributed by atoms with E-state index in [9.17, 15) is 9.59 Å². The SMILES string of the molecule is Cc1ccc(-n2nc(N3CCCN(C(=O)CC4CCCCC4)CC3)ccc2=O)cc1. The van der Waals surface area contributed by atoms with Crippen LogP contribution in [-0.4, -0.2) is 46.8 Å². The van der Waals surface area contributed by atoms with Crippen LogP contribution in [0.4, 0.5) is 5.82 Å². The molecule has 0 atom stereocenters. The summed E-state index contributed by atoms with van der Waals surface area (Å²) >= 11 is 0. The minimum absolute atomic E-state index is 0.137. The minimum Gasteiger partial charge on any atom is -0.353 e. The van der Waals surface area contributed by atoms with Crippen molar-refractivity contribution >= 4 is 11.7 Å². The Kier molecular flexibility index (Phi) is 6.50. The van der Waals surface area contributed by atoms with Gasteiger partial charge in [-0.2, -0.15) is 4.68 Å². The number of hydrogen-bond donors (Lipinski definition) is 0. The third-order valence-corrected chi connectivity index (χ3v) is 6.43. The van der Waals surface area contributed by atoms with Crippen LogP contribution >= 0.6 is 0 Å². The number of carbonyl (C=O) groups is 1. The molecule has 2 aromatic rings. The standard InChI is InChI=1S/C24H32N4O2/c1-19-8-10-21(11-9-19)28-23(29)13-12-22(25-28)26-14-5-15-27(17-16-26)24(30)18-20-6-3-2-4-7-20/h8-13,20H,2-7,14-18H2,1H3. The van der Waals surface area contributed by atoms with Gasteiger partial charge in [-0.3, -0.25) is 9.59 Å². The van der Waals surface area contributed by atoms with Gasteiger partial charge in [0.2, 0.25) is 5.91 Å². The summed E-state index contributed by atoms with van der Waals surface area (Å²) in [5.41, 5.74) is 1.78. The van der Waals surface area contributed by atoms with E-state index in [0.717, 1.165) is 49.7 Å². The first kappa shape index (κ1) is 20.6. The van der Waals surface area contributed by atoms with Gasteiger partial charge in [0, 0.05) is 38.7 Å². The number of nitrogens with zero attached hydrogens (tertiary/aromatic N) is 4. The van der Waals surface area contributed by atoms with E-state index in [2.05, 4.69) is 10.00 Å². The molecule has 2 heterocycles. The van der Waals surface area contributed by atoms with Crippen LogP contribution in [0, 0.1) is 12.8 Å². The highest BCUT2D eigenvalue weighted by Gasteiger charge is 2.24. The molecule has 4 rings (SSSR count). The Morgan fingerprint density at radius 1 is 0.933 bits per heavy atom. The van der Waals surface area contributed by atoms with Crippen molar-refractivity contribution in [3.63, 3.8) is 0 Å². The smallest absolute Gasteiger partial charge is 0.271 e. The molecule has 1 aliphatic heterocycles. The highest BCUT2D eigenvalue weighted by molar-refractivity contribution is 5.76. The van der Waals surface area contributed by atoms with Crippen molar-refractivity contribution in [1.82, 2.24) is 14.7 Å². The van der Waals surface area contributed by atoms with Crippen molar-refractivity contribution in [3.05, 3.63) is 52.3 Å². The molecule has 6 heteroatoms. The summed E-state index contributed by atoms with van der Waals surface area (Å²) in [6.45, 7) is 5.13. The van der Waals surface area contributed by atoms with Crippen LogP contribution < -0.4 is 10.5 Å². The molecule has 1 aromatic carbocycles. The molecule has 2 fully saturated rings. The molecule has 0 spiro atoms. The molecular formula is C24H32N4O2. The number of anilines is 1. The van der Waals surface area contributed by atoms with Gasteiger partial charge < -0.3 is 9.80 Å². The Morgan fingerprint density at radius 2 is 1.70 bits per heavy atom. The van der Waals surface area contributed by atoms with E-state index in [1.165, 1.54) is 36.8 Å². The summed E-state index contributed by atoms with van der Waals surface area (Å²) in [6, 6.07) is 11.2. The van der Waals surface area contributed by atoms with E-state index in [1.807, 2.05) is 36.1 Å². The Labute approximate surface area is 178 Å². The second-order valence-electron chi connectivity index (χ2n) is 8.71. The van der Waals surface area contributed by atoms with Crippen LogP contribution in [0.25, 0.3) is 5.69 Å². The lowest BCUT2D eigenvalue weighted by Crippen LogP contribution is -2.36.